The van der Waals surface area contributed by atoms with E-state index in [1.54, 1.807) is 12.1 Å². The summed E-state index contributed by atoms with van der Waals surface area (Å²) in [6.07, 6.45) is 3.12. The van der Waals surface area contributed by atoms with Gasteiger partial charge in [-0.15, -0.1) is 0 Å². The lowest BCUT2D eigenvalue weighted by molar-refractivity contribution is 0.225. The number of nitrogens with one attached hydrogen (secondary N) is 1. The monoisotopic (exact) mass is 522 g/mol. The SMILES string of the molecule is Cc1cc2c(nc(N3CC(N(C)C)C3)c3ncn([C@H]4[C@H]5CN[C@@H]4C5)c32)c(F)c1-c1cc(O)cc2ccccc12. The molecule has 3 saturated heterocycles. The number of rotatable bonds is 4. The van der Waals surface area contributed by atoms with Crippen LogP contribution in [0.2, 0.25) is 0 Å². The van der Waals surface area contributed by atoms with E-state index in [1.807, 2.05) is 37.5 Å². The smallest absolute Gasteiger partial charge is 0.157 e. The predicted octanol–water partition coefficient (Wildman–Crippen LogP) is 4.84. The van der Waals surface area contributed by atoms with Gasteiger partial charge < -0.3 is 24.8 Å². The number of halogens is 1. The van der Waals surface area contributed by atoms with Gasteiger partial charge in [-0.25, -0.2) is 14.4 Å². The summed E-state index contributed by atoms with van der Waals surface area (Å²) in [7, 11) is 4.18. The lowest BCUT2D eigenvalue weighted by atomic mass is 9.80. The molecule has 5 heterocycles. The van der Waals surface area contributed by atoms with Gasteiger partial charge in [0.1, 0.15) is 16.8 Å². The summed E-state index contributed by atoms with van der Waals surface area (Å²) in [5.74, 6) is 1.10. The Kier molecular flexibility index (Phi) is 4.83. The van der Waals surface area contributed by atoms with Gasteiger partial charge in [-0.2, -0.15) is 0 Å². The summed E-state index contributed by atoms with van der Waals surface area (Å²) < 4.78 is 19.1. The lowest BCUT2D eigenvalue weighted by Crippen LogP contribution is -2.57. The molecule has 1 saturated carbocycles. The molecule has 0 amide bonds. The minimum absolute atomic E-state index is 0.119. The van der Waals surface area contributed by atoms with Crippen molar-refractivity contribution < 1.29 is 9.50 Å². The first-order chi connectivity index (χ1) is 18.9. The molecular weight excluding hydrogens is 491 g/mol. The molecule has 7 nitrogen and oxygen atoms in total. The zero-order valence-corrected chi connectivity index (χ0v) is 22.3. The Morgan fingerprint density at radius 1 is 1.08 bits per heavy atom. The molecule has 39 heavy (non-hydrogen) atoms. The third-order valence-corrected chi connectivity index (χ3v) is 9.34. The van der Waals surface area contributed by atoms with Crippen molar-refractivity contribution in [2.24, 2.45) is 5.92 Å². The molecule has 4 fully saturated rings. The summed E-state index contributed by atoms with van der Waals surface area (Å²) in [5.41, 5.74) is 4.16. The number of likely N-dealkylation sites (N-methyl/N-ethyl adjacent to an activating group) is 1. The third-order valence-electron chi connectivity index (χ3n) is 9.34. The first kappa shape index (κ1) is 23.2. The number of hydrogen-bond donors (Lipinski definition) is 2. The van der Waals surface area contributed by atoms with Gasteiger partial charge in [0.05, 0.1) is 17.9 Å². The Labute approximate surface area is 225 Å². The zero-order chi connectivity index (χ0) is 26.6. The van der Waals surface area contributed by atoms with Crippen LogP contribution in [-0.4, -0.2) is 70.4 Å². The average molecular weight is 523 g/mol. The highest BCUT2D eigenvalue weighted by Crippen LogP contribution is 2.47. The highest BCUT2D eigenvalue weighted by Gasteiger charge is 2.48. The van der Waals surface area contributed by atoms with E-state index in [1.165, 1.54) is 6.42 Å². The van der Waals surface area contributed by atoms with Crippen molar-refractivity contribution in [1.82, 2.24) is 24.8 Å². The maximum absolute atomic E-state index is 16.9. The van der Waals surface area contributed by atoms with Gasteiger partial charge in [-0.1, -0.05) is 24.3 Å². The minimum atomic E-state index is -0.351. The second-order valence-corrected chi connectivity index (χ2v) is 11.8. The predicted molar refractivity (Wildman–Crippen MR) is 153 cm³/mol. The molecule has 3 aromatic carbocycles. The molecule has 9 rings (SSSR count). The number of aromatic nitrogens is 3. The Morgan fingerprint density at radius 3 is 2.64 bits per heavy atom. The number of phenolic OH excluding ortho intramolecular Hbond substituents is 1. The third kappa shape index (κ3) is 3.22. The van der Waals surface area contributed by atoms with Crippen molar-refractivity contribution in [2.45, 2.75) is 31.5 Å². The number of fused-ring (bicyclic) bond motifs is 5. The first-order valence-corrected chi connectivity index (χ1v) is 13.7. The average Bonchev–Trinajstić information content (AvgIpc) is 3.61. The topological polar surface area (TPSA) is 69.5 Å². The molecule has 1 aliphatic carbocycles. The van der Waals surface area contributed by atoms with E-state index < -0.39 is 0 Å². The number of nitrogens with zero attached hydrogens (tertiary/aromatic N) is 5. The second kappa shape index (κ2) is 8.13. The van der Waals surface area contributed by atoms with Crippen LogP contribution in [0.4, 0.5) is 10.2 Å². The number of pyridine rings is 1. The second-order valence-electron chi connectivity index (χ2n) is 11.8. The fourth-order valence-electron chi connectivity index (χ4n) is 7.11. The van der Waals surface area contributed by atoms with Gasteiger partial charge in [0, 0.05) is 42.7 Å². The lowest BCUT2D eigenvalue weighted by Gasteiger charge is -2.43. The van der Waals surface area contributed by atoms with E-state index in [2.05, 4.69) is 39.8 Å². The van der Waals surface area contributed by atoms with Crippen LogP contribution in [0.5, 0.6) is 5.75 Å². The zero-order valence-electron chi connectivity index (χ0n) is 22.3. The van der Waals surface area contributed by atoms with Crippen LogP contribution in [0, 0.1) is 18.7 Å². The molecule has 4 aliphatic rings. The molecule has 2 N–H and O–H groups in total. The van der Waals surface area contributed by atoms with Crippen LogP contribution in [0.1, 0.15) is 18.0 Å². The van der Waals surface area contributed by atoms with E-state index >= 15 is 4.39 Å². The number of anilines is 1. The summed E-state index contributed by atoms with van der Waals surface area (Å²) >= 11 is 0. The normalized spacial score (nSPS) is 22.8. The molecule has 5 aromatic rings. The summed E-state index contributed by atoms with van der Waals surface area (Å²) in [5, 5.41) is 16.7. The highest BCUT2D eigenvalue weighted by molar-refractivity contribution is 6.10. The van der Waals surface area contributed by atoms with E-state index in [9.17, 15) is 5.11 Å². The van der Waals surface area contributed by atoms with Gasteiger partial charge in [-0.3, -0.25) is 0 Å². The number of aryl methyl sites for hydroxylation is 1. The van der Waals surface area contributed by atoms with Crippen molar-refractivity contribution >= 4 is 38.5 Å². The number of benzene rings is 3. The Bertz CT molecular complexity index is 1790. The van der Waals surface area contributed by atoms with Crippen molar-refractivity contribution in [1.29, 1.82) is 0 Å². The first-order valence-electron chi connectivity index (χ1n) is 13.7. The quantitative estimate of drug-likeness (QED) is 0.352. The maximum atomic E-state index is 16.9. The molecule has 8 heteroatoms. The van der Waals surface area contributed by atoms with Crippen LogP contribution in [-0.2, 0) is 0 Å². The molecule has 2 aromatic heterocycles. The summed E-state index contributed by atoms with van der Waals surface area (Å²) in [4.78, 5) is 14.3. The summed E-state index contributed by atoms with van der Waals surface area (Å²) in [6.45, 7) is 4.63. The van der Waals surface area contributed by atoms with Gasteiger partial charge in [0.25, 0.3) is 0 Å². The Hall–Kier alpha value is -3.75. The van der Waals surface area contributed by atoms with Gasteiger partial charge in [0.2, 0.25) is 0 Å². The van der Waals surface area contributed by atoms with Gasteiger partial charge >= 0.3 is 0 Å². The fraction of sp³-hybridized carbons (Fsp3) is 0.355. The summed E-state index contributed by atoms with van der Waals surface area (Å²) in [6, 6.07) is 14.4. The van der Waals surface area contributed by atoms with E-state index in [0.29, 0.717) is 40.7 Å². The molecule has 3 aliphatic heterocycles. The highest BCUT2D eigenvalue weighted by atomic mass is 19.1. The standard InChI is InChI=1S/C31H31FN6O/c1-16-8-23-27(26(32)25(16)22-11-20(39)9-17-6-4-5-7-21(17)22)35-31(37-13-19(14-37)36(2)3)28-30(23)38(15-34-28)29-18-10-24(29)33-12-18/h4-9,11,15,18-19,24,29,33,39H,10,12-14H2,1-3H3/t18-,24-,29+/m1/s1. The number of imidazole rings is 1. The Morgan fingerprint density at radius 2 is 1.90 bits per heavy atom. The van der Waals surface area contributed by atoms with Crippen LogP contribution in [0.3, 0.4) is 0 Å². The molecular formula is C31H31FN6O. The number of hydrogen-bond acceptors (Lipinski definition) is 6. The molecule has 2 bridgehead atoms. The van der Waals surface area contributed by atoms with Gasteiger partial charge in [0.15, 0.2) is 11.6 Å². The van der Waals surface area contributed by atoms with Crippen molar-refractivity contribution in [3.05, 3.63) is 60.2 Å². The number of aromatic hydroxyl groups is 1. The van der Waals surface area contributed by atoms with E-state index in [0.717, 1.165) is 58.2 Å². The van der Waals surface area contributed by atoms with Crippen molar-refractivity contribution in [3.8, 4) is 16.9 Å². The maximum Gasteiger partial charge on any atom is 0.157 e. The molecule has 3 atom stereocenters. The van der Waals surface area contributed by atoms with E-state index in [-0.39, 0.29) is 11.6 Å². The van der Waals surface area contributed by atoms with E-state index in [4.69, 9.17) is 9.97 Å². The van der Waals surface area contributed by atoms with Crippen LogP contribution in [0.15, 0.2) is 48.8 Å². The molecule has 0 radical (unpaired) electrons. The van der Waals surface area contributed by atoms with Crippen LogP contribution in [0.25, 0.3) is 43.8 Å². The van der Waals surface area contributed by atoms with Crippen LogP contribution < -0.4 is 10.2 Å². The number of phenols is 1. The van der Waals surface area contributed by atoms with Crippen molar-refractivity contribution in [2.75, 3.05) is 38.6 Å². The van der Waals surface area contributed by atoms with Crippen molar-refractivity contribution in [3.63, 3.8) is 0 Å². The Balaban J connectivity index is 1.40. The minimum Gasteiger partial charge on any atom is -0.508 e. The molecule has 0 unspecified atom stereocenters. The van der Waals surface area contributed by atoms with Crippen LogP contribution >= 0.6 is 0 Å². The van der Waals surface area contributed by atoms with Gasteiger partial charge in [-0.05, 0) is 73.5 Å². The molecule has 0 spiro atoms. The largest absolute Gasteiger partial charge is 0.508 e. The molecule has 198 valence electrons. The fourth-order valence-corrected chi connectivity index (χ4v) is 7.11.